The summed E-state index contributed by atoms with van der Waals surface area (Å²) in [6.07, 6.45) is 4.10. The third-order valence-electron chi connectivity index (χ3n) is 3.00. The third kappa shape index (κ3) is 3.79. The Morgan fingerprint density at radius 1 is 1.05 bits per heavy atom. The summed E-state index contributed by atoms with van der Waals surface area (Å²) in [5, 5.41) is 13.0. The van der Waals surface area contributed by atoms with E-state index in [2.05, 4.69) is 15.3 Å². The number of benzene rings is 1. The maximum absolute atomic E-state index is 8.70. The Labute approximate surface area is 112 Å². The number of nitrogens with one attached hydrogen (secondary N) is 1. The van der Waals surface area contributed by atoms with E-state index in [0.717, 1.165) is 48.9 Å². The van der Waals surface area contributed by atoms with Gasteiger partial charge in [0.05, 0.1) is 5.52 Å². The molecule has 0 aliphatic carbocycles. The molecule has 0 aliphatic rings. The number of aromatic nitrogens is 2. The van der Waals surface area contributed by atoms with Gasteiger partial charge < -0.3 is 16.2 Å². The summed E-state index contributed by atoms with van der Waals surface area (Å²) >= 11 is 0. The minimum Gasteiger partial charge on any atom is -0.396 e. The zero-order chi connectivity index (χ0) is 13.5. The van der Waals surface area contributed by atoms with Gasteiger partial charge in [0.1, 0.15) is 5.82 Å². The Balaban J connectivity index is 1.96. The van der Waals surface area contributed by atoms with Crippen LogP contribution in [0.5, 0.6) is 0 Å². The number of nitrogen functional groups attached to an aromatic ring is 1. The Morgan fingerprint density at radius 3 is 2.68 bits per heavy atom. The Kier molecular flexibility index (Phi) is 4.92. The number of anilines is 2. The van der Waals surface area contributed by atoms with Crippen LogP contribution in [0, 0.1) is 0 Å². The monoisotopic (exact) mass is 260 g/mol. The minimum absolute atomic E-state index is 0.278. The van der Waals surface area contributed by atoms with Crippen molar-refractivity contribution >= 4 is 22.7 Å². The molecular weight excluding hydrogens is 240 g/mol. The number of para-hydroxylation sites is 1. The molecule has 0 aliphatic heterocycles. The molecule has 102 valence electrons. The first-order valence-corrected chi connectivity index (χ1v) is 6.68. The molecule has 1 heterocycles. The van der Waals surface area contributed by atoms with Crippen molar-refractivity contribution < 1.29 is 5.11 Å². The van der Waals surface area contributed by atoms with Crippen molar-refractivity contribution in [3.8, 4) is 0 Å². The molecule has 2 rings (SSSR count). The van der Waals surface area contributed by atoms with Crippen molar-refractivity contribution in [2.24, 2.45) is 0 Å². The number of aliphatic hydroxyl groups is 1. The van der Waals surface area contributed by atoms with Crippen LogP contribution < -0.4 is 11.1 Å². The van der Waals surface area contributed by atoms with Crippen LogP contribution in [0.25, 0.3) is 10.9 Å². The molecular formula is C14H20N4O. The largest absolute Gasteiger partial charge is 0.396 e. The highest BCUT2D eigenvalue weighted by molar-refractivity contribution is 5.89. The fraction of sp³-hybridized carbons (Fsp3) is 0.429. The first kappa shape index (κ1) is 13.5. The summed E-state index contributed by atoms with van der Waals surface area (Å²) in [6.45, 7) is 1.13. The van der Waals surface area contributed by atoms with Crippen molar-refractivity contribution in [2.45, 2.75) is 25.7 Å². The minimum atomic E-state index is 0.278. The molecule has 0 saturated carbocycles. The molecule has 19 heavy (non-hydrogen) atoms. The third-order valence-corrected chi connectivity index (χ3v) is 3.00. The normalized spacial score (nSPS) is 10.8. The predicted molar refractivity (Wildman–Crippen MR) is 78.0 cm³/mol. The number of fused-ring (bicyclic) bond motifs is 1. The SMILES string of the molecule is Nc1nc(NCCCCCCO)c2ccccc2n1. The van der Waals surface area contributed by atoms with Gasteiger partial charge in [0, 0.05) is 18.5 Å². The Morgan fingerprint density at radius 2 is 1.84 bits per heavy atom. The lowest BCUT2D eigenvalue weighted by Crippen LogP contribution is -2.06. The molecule has 1 aromatic carbocycles. The molecule has 0 amide bonds. The van der Waals surface area contributed by atoms with Gasteiger partial charge in [-0.15, -0.1) is 0 Å². The smallest absolute Gasteiger partial charge is 0.222 e. The van der Waals surface area contributed by atoms with Crippen molar-refractivity contribution in [1.29, 1.82) is 0 Å². The topological polar surface area (TPSA) is 84.1 Å². The van der Waals surface area contributed by atoms with Crippen molar-refractivity contribution in [3.63, 3.8) is 0 Å². The van der Waals surface area contributed by atoms with Gasteiger partial charge in [0.25, 0.3) is 0 Å². The second kappa shape index (κ2) is 6.89. The molecule has 0 fully saturated rings. The van der Waals surface area contributed by atoms with Crippen molar-refractivity contribution in [2.75, 3.05) is 24.2 Å². The fourth-order valence-electron chi connectivity index (χ4n) is 2.03. The highest BCUT2D eigenvalue weighted by Crippen LogP contribution is 2.20. The molecule has 0 saturated heterocycles. The standard InChI is InChI=1S/C14H20N4O/c15-14-17-12-8-4-3-7-11(12)13(18-14)16-9-5-1-2-6-10-19/h3-4,7-8,19H,1-2,5-6,9-10H2,(H3,15,16,17,18). The summed E-state index contributed by atoms with van der Waals surface area (Å²) in [4.78, 5) is 8.45. The van der Waals surface area contributed by atoms with Gasteiger partial charge in [-0.2, -0.15) is 4.98 Å². The van der Waals surface area contributed by atoms with Gasteiger partial charge in [-0.3, -0.25) is 0 Å². The van der Waals surface area contributed by atoms with Gasteiger partial charge in [-0.05, 0) is 25.0 Å². The molecule has 0 radical (unpaired) electrons. The quantitative estimate of drug-likeness (QED) is 0.664. The lowest BCUT2D eigenvalue weighted by Gasteiger charge is -2.09. The zero-order valence-corrected chi connectivity index (χ0v) is 11.0. The summed E-state index contributed by atoms with van der Waals surface area (Å²) < 4.78 is 0. The summed E-state index contributed by atoms with van der Waals surface area (Å²) in [7, 11) is 0. The lowest BCUT2D eigenvalue weighted by molar-refractivity contribution is 0.283. The van der Waals surface area contributed by atoms with Gasteiger partial charge in [0.2, 0.25) is 5.95 Å². The second-order valence-corrected chi connectivity index (χ2v) is 4.51. The summed E-state index contributed by atoms with van der Waals surface area (Å²) in [5.74, 6) is 1.09. The summed E-state index contributed by atoms with van der Waals surface area (Å²) in [5.41, 5.74) is 6.56. The van der Waals surface area contributed by atoms with Crippen LogP contribution in [0.1, 0.15) is 25.7 Å². The van der Waals surface area contributed by atoms with Gasteiger partial charge in [0.15, 0.2) is 0 Å². The van der Waals surface area contributed by atoms with Crippen LogP contribution in [-0.2, 0) is 0 Å². The van der Waals surface area contributed by atoms with Crippen LogP contribution in [0.15, 0.2) is 24.3 Å². The van der Waals surface area contributed by atoms with Crippen molar-refractivity contribution in [3.05, 3.63) is 24.3 Å². The molecule has 0 spiro atoms. The number of nitrogens with two attached hydrogens (primary N) is 1. The molecule has 0 atom stereocenters. The van der Waals surface area contributed by atoms with E-state index in [9.17, 15) is 0 Å². The molecule has 5 nitrogen and oxygen atoms in total. The number of nitrogens with zero attached hydrogens (tertiary/aromatic N) is 2. The van der Waals surface area contributed by atoms with E-state index in [1.54, 1.807) is 0 Å². The lowest BCUT2D eigenvalue weighted by atomic mass is 10.2. The van der Waals surface area contributed by atoms with E-state index < -0.39 is 0 Å². The van der Waals surface area contributed by atoms with E-state index >= 15 is 0 Å². The Hall–Kier alpha value is -1.88. The molecule has 1 aromatic heterocycles. The van der Waals surface area contributed by atoms with Crippen LogP contribution in [0.2, 0.25) is 0 Å². The number of hydrogen-bond donors (Lipinski definition) is 3. The van der Waals surface area contributed by atoms with Crippen LogP contribution in [0.4, 0.5) is 11.8 Å². The van der Waals surface area contributed by atoms with Crippen LogP contribution in [0.3, 0.4) is 0 Å². The first-order chi connectivity index (χ1) is 9.31. The molecule has 5 heteroatoms. The van der Waals surface area contributed by atoms with Crippen LogP contribution >= 0.6 is 0 Å². The van der Waals surface area contributed by atoms with Gasteiger partial charge in [-0.1, -0.05) is 25.0 Å². The average Bonchev–Trinajstić information content (AvgIpc) is 2.42. The maximum atomic E-state index is 8.70. The second-order valence-electron chi connectivity index (χ2n) is 4.51. The molecule has 0 unspecified atom stereocenters. The van der Waals surface area contributed by atoms with E-state index in [4.69, 9.17) is 10.8 Å². The number of rotatable bonds is 7. The Bertz CT molecular complexity index is 530. The number of unbranched alkanes of at least 4 members (excludes halogenated alkanes) is 3. The maximum Gasteiger partial charge on any atom is 0.222 e. The zero-order valence-electron chi connectivity index (χ0n) is 11.0. The highest BCUT2D eigenvalue weighted by Gasteiger charge is 2.04. The number of hydrogen-bond acceptors (Lipinski definition) is 5. The predicted octanol–water partition coefficient (Wildman–Crippen LogP) is 2.18. The summed E-state index contributed by atoms with van der Waals surface area (Å²) in [6, 6.07) is 7.82. The fourth-order valence-corrected chi connectivity index (χ4v) is 2.03. The van der Waals surface area contributed by atoms with Gasteiger partial charge >= 0.3 is 0 Å². The first-order valence-electron chi connectivity index (χ1n) is 6.68. The van der Waals surface area contributed by atoms with Gasteiger partial charge in [-0.25, -0.2) is 4.98 Å². The molecule has 4 N–H and O–H groups in total. The van der Waals surface area contributed by atoms with E-state index in [-0.39, 0.29) is 6.61 Å². The van der Waals surface area contributed by atoms with E-state index in [1.165, 1.54) is 0 Å². The number of aliphatic hydroxyl groups excluding tert-OH is 1. The average molecular weight is 260 g/mol. The van der Waals surface area contributed by atoms with Crippen LogP contribution in [-0.4, -0.2) is 28.2 Å². The van der Waals surface area contributed by atoms with E-state index in [0.29, 0.717) is 5.95 Å². The van der Waals surface area contributed by atoms with Crippen molar-refractivity contribution in [1.82, 2.24) is 9.97 Å². The van der Waals surface area contributed by atoms with E-state index in [1.807, 2.05) is 24.3 Å². The molecule has 2 aromatic rings. The highest BCUT2D eigenvalue weighted by atomic mass is 16.2. The molecule has 0 bridgehead atoms.